The largest absolute Gasteiger partial charge is 0.381 e. The van der Waals surface area contributed by atoms with Crippen molar-refractivity contribution in [2.45, 2.75) is 38.0 Å². The van der Waals surface area contributed by atoms with E-state index in [4.69, 9.17) is 27.9 Å². The van der Waals surface area contributed by atoms with Gasteiger partial charge in [0.2, 0.25) is 10.0 Å². The number of halogens is 2. The molecule has 124 valence electrons. The molecule has 1 aromatic rings. The van der Waals surface area contributed by atoms with Gasteiger partial charge in [-0.25, -0.2) is 13.1 Å². The van der Waals surface area contributed by atoms with Crippen molar-refractivity contribution < 1.29 is 13.2 Å². The van der Waals surface area contributed by atoms with Gasteiger partial charge in [-0.1, -0.05) is 29.3 Å². The summed E-state index contributed by atoms with van der Waals surface area (Å²) in [7, 11) is -3.37. The van der Waals surface area contributed by atoms with Gasteiger partial charge < -0.3 is 4.74 Å². The smallest absolute Gasteiger partial charge is 0.215 e. The summed E-state index contributed by atoms with van der Waals surface area (Å²) in [6.45, 7) is 4.53. The lowest BCUT2D eigenvalue weighted by Crippen LogP contribution is -2.46. The first kappa shape index (κ1) is 18.0. The van der Waals surface area contributed by atoms with Gasteiger partial charge >= 0.3 is 0 Å². The van der Waals surface area contributed by atoms with Crippen LogP contribution in [0.5, 0.6) is 0 Å². The quantitative estimate of drug-likeness (QED) is 0.870. The molecule has 2 atom stereocenters. The third-order valence-corrected chi connectivity index (χ3v) is 6.50. The fourth-order valence-electron chi connectivity index (χ4n) is 2.76. The molecule has 0 saturated carbocycles. The van der Waals surface area contributed by atoms with Gasteiger partial charge in [-0.3, -0.25) is 0 Å². The van der Waals surface area contributed by atoms with Crippen LogP contribution in [0.1, 0.15) is 25.8 Å². The van der Waals surface area contributed by atoms with E-state index < -0.39 is 15.3 Å². The molecule has 1 N–H and O–H groups in total. The van der Waals surface area contributed by atoms with Crippen molar-refractivity contribution in [2.75, 3.05) is 13.2 Å². The van der Waals surface area contributed by atoms with E-state index in [0.717, 1.165) is 5.56 Å². The van der Waals surface area contributed by atoms with Crippen molar-refractivity contribution in [1.82, 2.24) is 4.72 Å². The predicted octanol–water partition coefficient (Wildman–Crippen LogP) is 3.27. The van der Waals surface area contributed by atoms with Crippen LogP contribution in [0, 0.1) is 5.92 Å². The van der Waals surface area contributed by atoms with Crippen molar-refractivity contribution >= 4 is 33.2 Å². The van der Waals surface area contributed by atoms with Gasteiger partial charge in [0, 0.05) is 28.6 Å². The Bertz CT molecular complexity index is 619. The molecule has 0 aliphatic carbocycles. The minimum Gasteiger partial charge on any atom is -0.381 e. The van der Waals surface area contributed by atoms with Crippen molar-refractivity contribution in [3.05, 3.63) is 33.8 Å². The molecule has 1 saturated heterocycles. The van der Waals surface area contributed by atoms with Crippen molar-refractivity contribution in [3.8, 4) is 0 Å². The molecular formula is C15H21Cl2NO3S. The second-order valence-electron chi connectivity index (χ2n) is 5.92. The second kappa shape index (κ2) is 7.49. The highest BCUT2D eigenvalue weighted by molar-refractivity contribution is 7.90. The normalized spacial score (nSPS) is 23.0. The first-order valence-electron chi connectivity index (χ1n) is 7.32. The maximum absolute atomic E-state index is 12.5. The summed E-state index contributed by atoms with van der Waals surface area (Å²) in [6, 6.07) is 5.17. The molecule has 7 heteroatoms. The highest BCUT2D eigenvalue weighted by Crippen LogP contribution is 2.29. The summed E-state index contributed by atoms with van der Waals surface area (Å²) in [5, 5.41) is 0.667. The first-order valence-corrected chi connectivity index (χ1v) is 9.62. The molecule has 1 heterocycles. The summed E-state index contributed by atoms with van der Waals surface area (Å²) in [6.07, 6.45) is 1.05. The predicted molar refractivity (Wildman–Crippen MR) is 90.1 cm³/mol. The van der Waals surface area contributed by atoms with Gasteiger partial charge in [0.15, 0.2) is 0 Å². The average molecular weight is 366 g/mol. The van der Waals surface area contributed by atoms with Crippen LogP contribution in [0.2, 0.25) is 10.0 Å². The van der Waals surface area contributed by atoms with Gasteiger partial charge in [0.25, 0.3) is 0 Å². The zero-order valence-electron chi connectivity index (χ0n) is 12.7. The van der Waals surface area contributed by atoms with Crippen LogP contribution in [-0.4, -0.2) is 32.9 Å². The maximum atomic E-state index is 12.5. The topological polar surface area (TPSA) is 55.4 Å². The Labute approximate surface area is 142 Å². The van der Waals surface area contributed by atoms with Gasteiger partial charge in [-0.15, -0.1) is 0 Å². The van der Waals surface area contributed by atoms with E-state index in [0.29, 0.717) is 36.1 Å². The monoisotopic (exact) mass is 365 g/mol. The standard InChI is InChI=1S/C15H21Cl2NO3S/c1-10(2)18-22(19,20)15-5-6-21-9-12(15)7-11-3-4-13(16)8-14(11)17/h3-4,8,10,12,15,18H,5-7,9H2,1-2H3/t12-,15-/m1/s1. The average Bonchev–Trinajstić information content (AvgIpc) is 2.41. The Morgan fingerprint density at radius 3 is 2.73 bits per heavy atom. The fourth-order valence-corrected chi connectivity index (χ4v) is 5.17. The number of benzene rings is 1. The van der Waals surface area contributed by atoms with Gasteiger partial charge in [-0.2, -0.15) is 0 Å². The van der Waals surface area contributed by atoms with Crippen LogP contribution in [0.15, 0.2) is 18.2 Å². The van der Waals surface area contributed by atoms with Crippen molar-refractivity contribution in [1.29, 1.82) is 0 Å². The molecular weight excluding hydrogens is 345 g/mol. The summed E-state index contributed by atoms with van der Waals surface area (Å²) in [4.78, 5) is 0. The Balaban J connectivity index is 2.19. The molecule has 22 heavy (non-hydrogen) atoms. The number of ether oxygens (including phenoxy) is 1. The number of nitrogens with one attached hydrogen (secondary N) is 1. The summed E-state index contributed by atoms with van der Waals surface area (Å²) in [5.41, 5.74) is 0.895. The molecule has 0 unspecified atom stereocenters. The van der Waals surface area contributed by atoms with Crippen LogP contribution >= 0.6 is 23.2 Å². The SMILES string of the molecule is CC(C)NS(=O)(=O)[C@@H]1CCOC[C@H]1Cc1ccc(Cl)cc1Cl. The lowest BCUT2D eigenvalue weighted by atomic mass is 9.93. The number of hydrogen-bond acceptors (Lipinski definition) is 3. The van der Waals surface area contributed by atoms with E-state index in [1.54, 1.807) is 12.1 Å². The third-order valence-electron chi connectivity index (χ3n) is 3.70. The molecule has 0 amide bonds. The van der Waals surface area contributed by atoms with Crippen LogP contribution < -0.4 is 4.72 Å². The molecule has 0 radical (unpaired) electrons. The van der Waals surface area contributed by atoms with Crippen molar-refractivity contribution in [3.63, 3.8) is 0 Å². The Morgan fingerprint density at radius 1 is 1.36 bits per heavy atom. The summed E-state index contributed by atoms with van der Waals surface area (Å²) in [5.74, 6) is -0.122. The van der Waals surface area contributed by atoms with Crippen LogP contribution in [0.4, 0.5) is 0 Å². The highest BCUT2D eigenvalue weighted by Gasteiger charge is 2.36. The van der Waals surface area contributed by atoms with E-state index in [-0.39, 0.29) is 12.0 Å². The first-order chi connectivity index (χ1) is 10.3. The van der Waals surface area contributed by atoms with E-state index in [1.165, 1.54) is 0 Å². The van der Waals surface area contributed by atoms with Gasteiger partial charge in [-0.05, 0) is 44.4 Å². The van der Waals surface area contributed by atoms with E-state index in [1.807, 2.05) is 19.9 Å². The number of sulfonamides is 1. The summed E-state index contributed by atoms with van der Waals surface area (Å²) >= 11 is 12.1. The number of hydrogen-bond donors (Lipinski definition) is 1. The molecule has 1 aliphatic heterocycles. The van der Waals surface area contributed by atoms with Crippen molar-refractivity contribution in [2.24, 2.45) is 5.92 Å². The van der Waals surface area contributed by atoms with Gasteiger partial charge in [0.05, 0.1) is 11.9 Å². The molecule has 4 nitrogen and oxygen atoms in total. The highest BCUT2D eigenvalue weighted by atomic mass is 35.5. The minimum atomic E-state index is -3.37. The van der Waals surface area contributed by atoms with Crippen LogP contribution in [0.25, 0.3) is 0 Å². The summed E-state index contributed by atoms with van der Waals surface area (Å²) < 4.78 is 33.2. The second-order valence-corrected chi connectivity index (χ2v) is 8.69. The number of rotatable bonds is 5. The Kier molecular flexibility index (Phi) is 6.14. The zero-order valence-corrected chi connectivity index (χ0v) is 15.0. The molecule has 0 aromatic heterocycles. The Hall–Kier alpha value is -0.330. The molecule has 0 bridgehead atoms. The Morgan fingerprint density at radius 2 is 2.09 bits per heavy atom. The van der Waals surface area contributed by atoms with E-state index >= 15 is 0 Å². The molecule has 0 spiro atoms. The minimum absolute atomic E-state index is 0.118. The van der Waals surface area contributed by atoms with Crippen LogP contribution in [-0.2, 0) is 21.2 Å². The van der Waals surface area contributed by atoms with E-state index in [2.05, 4.69) is 4.72 Å². The third kappa shape index (κ3) is 4.59. The fraction of sp³-hybridized carbons (Fsp3) is 0.600. The molecule has 2 rings (SSSR count). The van der Waals surface area contributed by atoms with E-state index in [9.17, 15) is 8.42 Å². The molecule has 1 fully saturated rings. The lowest BCUT2D eigenvalue weighted by Gasteiger charge is -2.32. The zero-order chi connectivity index (χ0) is 16.3. The lowest BCUT2D eigenvalue weighted by molar-refractivity contribution is 0.0569. The maximum Gasteiger partial charge on any atom is 0.215 e. The van der Waals surface area contributed by atoms with Gasteiger partial charge in [0.1, 0.15) is 0 Å². The van der Waals surface area contributed by atoms with Crippen LogP contribution in [0.3, 0.4) is 0 Å². The molecule has 1 aliphatic rings. The molecule has 1 aromatic carbocycles.